The van der Waals surface area contributed by atoms with Gasteiger partial charge in [-0.1, -0.05) is 13.0 Å². The zero-order chi connectivity index (χ0) is 18.6. The molecule has 0 aliphatic carbocycles. The van der Waals surface area contributed by atoms with Crippen LogP contribution >= 0.6 is 11.3 Å². The number of piperazine rings is 1. The number of aromatic nitrogens is 3. The lowest BCUT2D eigenvalue weighted by atomic mass is 10.2. The minimum absolute atomic E-state index is 0.00550. The Kier molecular flexibility index (Phi) is 5.11. The minimum Gasteiger partial charge on any atom is -0.353 e. The Morgan fingerprint density at radius 3 is 2.59 bits per heavy atom. The molecule has 0 spiro atoms. The van der Waals surface area contributed by atoms with Crippen LogP contribution < -0.4 is 4.90 Å². The molecule has 0 saturated carbocycles. The van der Waals surface area contributed by atoms with Gasteiger partial charge in [-0.15, -0.1) is 11.3 Å². The molecule has 1 fully saturated rings. The average Bonchev–Trinajstić information content (AvgIpc) is 3.23. The normalized spacial score (nSPS) is 14.4. The van der Waals surface area contributed by atoms with E-state index in [1.54, 1.807) is 23.6 Å². The molecule has 27 heavy (non-hydrogen) atoms. The molecule has 0 radical (unpaired) electrons. The number of amides is 1. The van der Waals surface area contributed by atoms with Gasteiger partial charge in [0, 0.05) is 49.5 Å². The van der Waals surface area contributed by atoms with E-state index in [0.29, 0.717) is 18.8 Å². The number of rotatable bonds is 4. The fourth-order valence-corrected chi connectivity index (χ4v) is 3.99. The average molecular weight is 379 g/mol. The highest BCUT2D eigenvalue weighted by molar-refractivity contribution is 7.13. The molecule has 0 N–H and O–H groups in total. The Labute approximate surface area is 162 Å². The second-order valence-corrected chi connectivity index (χ2v) is 7.25. The molecule has 6 nitrogen and oxygen atoms in total. The molecule has 4 rings (SSSR count). The van der Waals surface area contributed by atoms with Crippen LogP contribution in [0.3, 0.4) is 0 Å². The molecule has 0 aromatic carbocycles. The van der Waals surface area contributed by atoms with Crippen molar-refractivity contribution < 1.29 is 4.79 Å². The lowest BCUT2D eigenvalue weighted by Gasteiger charge is -2.35. The summed E-state index contributed by atoms with van der Waals surface area (Å²) in [6, 6.07) is 9.54. The van der Waals surface area contributed by atoms with Gasteiger partial charge in [-0.3, -0.25) is 9.78 Å². The summed E-state index contributed by atoms with van der Waals surface area (Å²) in [6.45, 7) is 4.99. The predicted octanol–water partition coefficient (Wildman–Crippen LogP) is 3.12. The first-order valence-corrected chi connectivity index (χ1v) is 9.98. The van der Waals surface area contributed by atoms with Gasteiger partial charge in [0.25, 0.3) is 5.91 Å². The van der Waals surface area contributed by atoms with E-state index in [9.17, 15) is 4.79 Å². The molecule has 3 aromatic rings. The van der Waals surface area contributed by atoms with Crippen molar-refractivity contribution in [1.29, 1.82) is 0 Å². The van der Waals surface area contributed by atoms with E-state index in [1.807, 2.05) is 29.3 Å². The summed E-state index contributed by atoms with van der Waals surface area (Å²) >= 11 is 1.66. The van der Waals surface area contributed by atoms with Gasteiger partial charge in [-0.25, -0.2) is 9.97 Å². The van der Waals surface area contributed by atoms with E-state index in [0.717, 1.165) is 41.6 Å². The Bertz CT molecular complexity index is 902. The number of pyridine rings is 2. The number of carbonyl (C=O) groups is 1. The van der Waals surface area contributed by atoms with Gasteiger partial charge in [0.2, 0.25) is 0 Å². The second kappa shape index (κ2) is 7.84. The highest BCUT2D eigenvalue weighted by atomic mass is 32.1. The summed E-state index contributed by atoms with van der Waals surface area (Å²) in [5.74, 6) is 0.935. The number of anilines is 1. The van der Waals surface area contributed by atoms with Crippen LogP contribution in [0.25, 0.3) is 10.6 Å². The van der Waals surface area contributed by atoms with Crippen molar-refractivity contribution in [2.45, 2.75) is 13.3 Å². The standard InChI is InChI=1S/C20H21N5OS/c1-2-16-14-27-19(23-16)15-6-7-18(22-13-15)24-9-11-25(12-10-24)20(26)17-5-3-4-8-21-17/h3-8,13-14H,2,9-12H2,1H3. The second-order valence-electron chi connectivity index (χ2n) is 6.40. The summed E-state index contributed by atoms with van der Waals surface area (Å²) in [4.78, 5) is 30.0. The SMILES string of the molecule is CCc1csc(-c2ccc(N3CCN(C(=O)c4ccccn4)CC3)nc2)n1. The lowest BCUT2D eigenvalue weighted by molar-refractivity contribution is 0.0740. The summed E-state index contributed by atoms with van der Waals surface area (Å²) in [6.07, 6.45) is 4.49. The zero-order valence-corrected chi connectivity index (χ0v) is 16.0. The number of hydrogen-bond donors (Lipinski definition) is 0. The first kappa shape index (κ1) is 17.6. The van der Waals surface area contributed by atoms with Crippen molar-refractivity contribution in [3.8, 4) is 10.6 Å². The number of aryl methyl sites for hydroxylation is 1. The van der Waals surface area contributed by atoms with Crippen LogP contribution in [-0.2, 0) is 6.42 Å². The van der Waals surface area contributed by atoms with Crippen molar-refractivity contribution in [2.24, 2.45) is 0 Å². The van der Waals surface area contributed by atoms with Crippen LogP contribution in [0.2, 0.25) is 0 Å². The highest BCUT2D eigenvalue weighted by Crippen LogP contribution is 2.25. The molecule has 7 heteroatoms. The molecular formula is C20H21N5OS. The Balaban J connectivity index is 1.39. The maximum atomic E-state index is 12.5. The van der Waals surface area contributed by atoms with Gasteiger partial charge in [-0.2, -0.15) is 0 Å². The summed E-state index contributed by atoms with van der Waals surface area (Å²) in [5.41, 5.74) is 2.67. The van der Waals surface area contributed by atoms with Crippen molar-refractivity contribution in [3.05, 3.63) is 59.5 Å². The van der Waals surface area contributed by atoms with Gasteiger partial charge in [0.15, 0.2) is 0 Å². The molecule has 1 aliphatic rings. The molecular weight excluding hydrogens is 358 g/mol. The minimum atomic E-state index is -0.00550. The third-order valence-electron chi connectivity index (χ3n) is 4.68. The fourth-order valence-electron chi connectivity index (χ4n) is 3.09. The lowest BCUT2D eigenvalue weighted by Crippen LogP contribution is -2.49. The Hall–Kier alpha value is -2.80. The molecule has 0 bridgehead atoms. The van der Waals surface area contributed by atoms with E-state index < -0.39 is 0 Å². The largest absolute Gasteiger partial charge is 0.353 e. The first-order valence-electron chi connectivity index (χ1n) is 9.10. The van der Waals surface area contributed by atoms with Gasteiger partial charge in [-0.05, 0) is 30.7 Å². The third kappa shape index (κ3) is 3.83. The summed E-state index contributed by atoms with van der Waals surface area (Å²) in [5, 5.41) is 3.11. The van der Waals surface area contributed by atoms with Crippen molar-refractivity contribution in [3.63, 3.8) is 0 Å². The number of carbonyl (C=O) groups excluding carboxylic acids is 1. The molecule has 1 amide bonds. The third-order valence-corrected chi connectivity index (χ3v) is 5.62. The summed E-state index contributed by atoms with van der Waals surface area (Å²) in [7, 11) is 0. The van der Waals surface area contributed by atoms with E-state index in [1.165, 1.54) is 0 Å². The molecule has 1 aliphatic heterocycles. The summed E-state index contributed by atoms with van der Waals surface area (Å²) < 4.78 is 0. The maximum Gasteiger partial charge on any atom is 0.272 e. The Morgan fingerprint density at radius 1 is 1.11 bits per heavy atom. The van der Waals surface area contributed by atoms with Crippen LogP contribution in [0.5, 0.6) is 0 Å². The fraction of sp³-hybridized carbons (Fsp3) is 0.300. The highest BCUT2D eigenvalue weighted by Gasteiger charge is 2.23. The predicted molar refractivity (Wildman–Crippen MR) is 107 cm³/mol. The quantitative estimate of drug-likeness (QED) is 0.697. The van der Waals surface area contributed by atoms with Crippen LogP contribution in [0.1, 0.15) is 23.1 Å². The van der Waals surface area contributed by atoms with E-state index in [2.05, 4.69) is 38.2 Å². The van der Waals surface area contributed by atoms with Crippen molar-refractivity contribution in [2.75, 3.05) is 31.1 Å². The molecule has 3 aromatic heterocycles. The monoisotopic (exact) mass is 379 g/mol. The zero-order valence-electron chi connectivity index (χ0n) is 15.2. The van der Waals surface area contributed by atoms with E-state index >= 15 is 0 Å². The Morgan fingerprint density at radius 2 is 1.96 bits per heavy atom. The van der Waals surface area contributed by atoms with Gasteiger partial charge >= 0.3 is 0 Å². The maximum absolute atomic E-state index is 12.5. The topological polar surface area (TPSA) is 62.2 Å². The smallest absolute Gasteiger partial charge is 0.272 e. The van der Waals surface area contributed by atoms with E-state index in [-0.39, 0.29) is 5.91 Å². The molecule has 0 atom stereocenters. The van der Waals surface area contributed by atoms with Crippen LogP contribution in [0, 0.1) is 0 Å². The van der Waals surface area contributed by atoms with E-state index in [4.69, 9.17) is 0 Å². The number of hydrogen-bond acceptors (Lipinski definition) is 6. The molecule has 138 valence electrons. The van der Waals surface area contributed by atoms with Crippen molar-refractivity contribution in [1.82, 2.24) is 19.9 Å². The number of nitrogens with zero attached hydrogens (tertiary/aromatic N) is 5. The van der Waals surface area contributed by atoms with Crippen LogP contribution in [-0.4, -0.2) is 51.9 Å². The number of thiazole rings is 1. The van der Waals surface area contributed by atoms with Gasteiger partial charge in [0.05, 0.1) is 5.69 Å². The molecule has 0 unspecified atom stereocenters. The van der Waals surface area contributed by atoms with Crippen LogP contribution in [0.15, 0.2) is 48.1 Å². The van der Waals surface area contributed by atoms with Gasteiger partial charge < -0.3 is 9.80 Å². The van der Waals surface area contributed by atoms with Gasteiger partial charge in [0.1, 0.15) is 16.5 Å². The van der Waals surface area contributed by atoms with Crippen LogP contribution in [0.4, 0.5) is 5.82 Å². The molecule has 1 saturated heterocycles. The molecule has 4 heterocycles. The first-order chi connectivity index (χ1) is 13.2. The van der Waals surface area contributed by atoms with Crippen molar-refractivity contribution >= 4 is 23.1 Å².